The Bertz CT molecular complexity index is 1190. The van der Waals surface area contributed by atoms with E-state index in [9.17, 15) is 16.8 Å². The summed E-state index contributed by atoms with van der Waals surface area (Å²) in [6.45, 7) is 8.81. The molecule has 0 aliphatic rings. The van der Waals surface area contributed by atoms with Crippen molar-refractivity contribution in [3.63, 3.8) is 0 Å². The van der Waals surface area contributed by atoms with Gasteiger partial charge >= 0.3 is 0 Å². The van der Waals surface area contributed by atoms with Gasteiger partial charge in [0.1, 0.15) is 39.6 Å². The fraction of sp³-hybridized carbons (Fsp3) is 0.538. The van der Waals surface area contributed by atoms with E-state index in [4.69, 9.17) is 32.1 Å². The Kier molecular flexibility index (Phi) is 12.8. The topological polar surface area (TPSA) is 133 Å². The van der Waals surface area contributed by atoms with Crippen LogP contribution >= 0.6 is 0 Å². The molecule has 0 atom stereocenters. The van der Waals surface area contributed by atoms with Crippen LogP contribution in [0.2, 0.25) is 0 Å². The summed E-state index contributed by atoms with van der Waals surface area (Å²) in [5.74, 6) is 2.02. The molecule has 2 aromatic rings. The molecule has 0 N–H and O–H groups in total. The lowest BCUT2D eigenvalue weighted by atomic mass is 10.1. The van der Waals surface area contributed by atoms with E-state index in [1.807, 2.05) is 52.0 Å². The third-order valence-corrected chi connectivity index (χ3v) is 6.56. The molecule has 0 saturated carbocycles. The molecule has 0 unspecified atom stereocenters. The molecule has 220 valence electrons. The van der Waals surface area contributed by atoms with E-state index < -0.39 is 20.2 Å². The Morgan fingerprint density at radius 1 is 0.462 bits per heavy atom. The maximum atomic E-state index is 11.1. The van der Waals surface area contributed by atoms with E-state index in [0.29, 0.717) is 36.2 Å². The van der Waals surface area contributed by atoms with Gasteiger partial charge < -0.3 is 23.7 Å². The summed E-state index contributed by atoms with van der Waals surface area (Å²) >= 11 is 0. The summed E-state index contributed by atoms with van der Waals surface area (Å²) in [6.07, 6.45) is 1.97. The number of hydrogen-bond donors (Lipinski definition) is 0. The minimum Gasteiger partial charge on any atom is -0.487 e. The molecule has 0 spiro atoms. The summed E-state index contributed by atoms with van der Waals surface area (Å²) in [5.41, 5.74) is 4.06. The van der Waals surface area contributed by atoms with Gasteiger partial charge in [-0.05, 0) is 74.2 Å². The molecule has 0 aromatic heterocycles. The van der Waals surface area contributed by atoms with Gasteiger partial charge in [-0.2, -0.15) is 16.8 Å². The Labute approximate surface area is 231 Å². The predicted octanol–water partition coefficient (Wildman–Crippen LogP) is 3.10. The number of hydrogen-bond acceptors (Lipinski definition) is 11. The van der Waals surface area contributed by atoms with E-state index in [-0.39, 0.29) is 39.6 Å². The Morgan fingerprint density at radius 3 is 0.974 bits per heavy atom. The fourth-order valence-corrected chi connectivity index (χ4v) is 3.92. The van der Waals surface area contributed by atoms with Crippen molar-refractivity contribution in [3.8, 4) is 23.0 Å². The SMILES string of the molecule is Cc1cc(OCCOCCOc2cc(C)c(C)cc2OCCOS(C)(=O)=O)c(OCCOS(C)(=O)=O)cc1C. The highest BCUT2D eigenvalue weighted by molar-refractivity contribution is 7.86. The van der Waals surface area contributed by atoms with E-state index in [1.54, 1.807) is 0 Å². The predicted molar refractivity (Wildman–Crippen MR) is 146 cm³/mol. The van der Waals surface area contributed by atoms with Crippen LogP contribution in [0, 0.1) is 27.7 Å². The summed E-state index contributed by atoms with van der Waals surface area (Å²) < 4.78 is 82.5. The highest BCUT2D eigenvalue weighted by Gasteiger charge is 2.11. The Hall–Kier alpha value is -2.58. The summed E-state index contributed by atoms with van der Waals surface area (Å²) in [5, 5.41) is 0. The van der Waals surface area contributed by atoms with Crippen molar-refractivity contribution in [2.75, 3.05) is 65.4 Å². The van der Waals surface area contributed by atoms with Crippen LogP contribution in [0.15, 0.2) is 24.3 Å². The quantitative estimate of drug-likeness (QED) is 0.187. The maximum absolute atomic E-state index is 11.1. The largest absolute Gasteiger partial charge is 0.487 e. The van der Waals surface area contributed by atoms with E-state index in [0.717, 1.165) is 34.8 Å². The van der Waals surface area contributed by atoms with E-state index in [2.05, 4.69) is 0 Å². The second-order valence-electron chi connectivity index (χ2n) is 8.82. The Morgan fingerprint density at radius 2 is 0.718 bits per heavy atom. The van der Waals surface area contributed by atoms with Gasteiger partial charge in [0.2, 0.25) is 0 Å². The van der Waals surface area contributed by atoms with E-state index >= 15 is 0 Å². The number of rotatable bonds is 18. The average molecular weight is 591 g/mol. The minimum absolute atomic E-state index is 0.0503. The number of ether oxygens (including phenoxy) is 5. The first-order chi connectivity index (χ1) is 18.2. The lowest BCUT2D eigenvalue weighted by Crippen LogP contribution is -2.14. The summed E-state index contributed by atoms with van der Waals surface area (Å²) in [4.78, 5) is 0. The summed E-state index contributed by atoms with van der Waals surface area (Å²) in [6, 6.07) is 7.37. The first kappa shape index (κ1) is 32.6. The van der Waals surface area contributed by atoms with Crippen molar-refractivity contribution >= 4 is 20.2 Å². The van der Waals surface area contributed by atoms with E-state index in [1.165, 1.54) is 0 Å². The average Bonchev–Trinajstić information content (AvgIpc) is 2.82. The second kappa shape index (κ2) is 15.3. The standard InChI is InChI=1S/C26H38O11S2/c1-19-15-23(25(17-21(19)3)34-11-13-36-38(5,27)28)32-9-7-31-8-10-33-24-16-20(2)22(4)18-26(24)35-12-14-37-39(6,29)30/h15-18H,7-14H2,1-6H3. The molecule has 11 nitrogen and oxygen atoms in total. The van der Waals surface area contributed by atoms with Crippen LogP contribution in [0.5, 0.6) is 23.0 Å². The van der Waals surface area contributed by atoms with Crippen LogP contribution in [0.1, 0.15) is 22.3 Å². The molecule has 0 aliphatic heterocycles. The van der Waals surface area contributed by atoms with Crippen LogP contribution in [0.4, 0.5) is 0 Å². The molecule has 2 rings (SSSR count). The second-order valence-corrected chi connectivity index (χ2v) is 12.1. The zero-order chi connectivity index (χ0) is 29.1. The van der Waals surface area contributed by atoms with Crippen LogP contribution < -0.4 is 18.9 Å². The normalized spacial score (nSPS) is 11.8. The van der Waals surface area contributed by atoms with Gasteiger partial charge in [0.25, 0.3) is 20.2 Å². The Balaban J connectivity index is 1.80. The lowest BCUT2D eigenvalue weighted by Gasteiger charge is -2.16. The monoisotopic (exact) mass is 590 g/mol. The molecule has 13 heteroatoms. The van der Waals surface area contributed by atoms with Crippen molar-refractivity contribution < 1.29 is 48.9 Å². The van der Waals surface area contributed by atoms with Gasteiger partial charge in [0.05, 0.1) is 25.7 Å². The number of aryl methyl sites for hydroxylation is 4. The molecule has 39 heavy (non-hydrogen) atoms. The molecule has 0 aliphatic carbocycles. The van der Waals surface area contributed by atoms with Crippen LogP contribution in [0.25, 0.3) is 0 Å². The molecular weight excluding hydrogens is 552 g/mol. The van der Waals surface area contributed by atoms with Crippen LogP contribution in [-0.4, -0.2) is 82.2 Å². The smallest absolute Gasteiger partial charge is 0.264 e. The van der Waals surface area contributed by atoms with Gasteiger partial charge in [0.15, 0.2) is 23.0 Å². The first-order valence-electron chi connectivity index (χ1n) is 12.3. The van der Waals surface area contributed by atoms with Gasteiger partial charge in [0, 0.05) is 0 Å². The molecular formula is C26H38O11S2. The molecule has 0 heterocycles. The first-order valence-corrected chi connectivity index (χ1v) is 15.9. The zero-order valence-corrected chi connectivity index (χ0v) is 24.9. The lowest BCUT2D eigenvalue weighted by molar-refractivity contribution is 0.0742. The van der Waals surface area contributed by atoms with Crippen molar-refractivity contribution in [3.05, 3.63) is 46.5 Å². The van der Waals surface area contributed by atoms with Crippen molar-refractivity contribution in [2.45, 2.75) is 27.7 Å². The zero-order valence-electron chi connectivity index (χ0n) is 23.3. The maximum Gasteiger partial charge on any atom is 0.264 e. The van der Waals surface area contributed by atoms with Crippen LogP contribution in [0.3, 0.4) is 0 Å². The highest BCUT2D eigenvalue weighted by Crippen LogP contribution is 2.31. The molecule has 0 saturated heterocycles. The van der Waals surface area contributed by atoms with Crippen LogP contribution in [-0.2, 0) is 33.3 Å². The summed E-state index contributed by atoms with van der Waals surface area (Å²) in [7, 11) is -7.07. The van der Waals surface area contributed by atoms with Crippen molar-refractivity contribution in [2.24, 2.45) is 0 Å². The minimum atomic E-state index is -3.53. The molecule has 0 fully saturated rings. The molecule has 0 bridgehead atoms. The van der Waals surface area contributed by atoms with Crippen molar-refractivity contribution in [1.82, 2.24) is 0 Å². The number of benzene rings is 2. The van der Waals surface area contributed by atoms with Gasteiger partial charge in [-0.25, -0.2) is 0 Å². The third kappa shape index (κ3) is 12.9. The molecule has 0 radical (unpaired) electrons. The van der Waals surface area contributed by atoms with Gasteiger partial charge in [-0.3, -0.25) is 8.37 Å². The van der Waals surface area contributed by atoms with Gasteiger partial charge in [-0.15, -0.1) is 0 Å². The fourth-order valence-electron chi connectivity index (χ4n) is 3.17. The molecule has 0 amide bonds. The third-order valence-electron chi connectivity index (χ3n) is 5.37. The highest BCUT2D eigenvalue weighted by atomic mass is 32.2. The van der Waals surface area contributed by atoms with Gasteiger partial charge in [-0.1, -0.05) is 0 Å². The molecule has 2 aromatic carbocycles. The van der Waals surface area contributed by atoms with Crippen molar-refractivity contribution in [1.29, 1.82) is 0 Å².